The van der Waals surface area contributed by atoms with Gasteiger partial charge in [0.1, 0.15) is 6.16 Å². The number of ketones is 1. The van der Waals surface area contributed by atoms with Gasteiger partial charge in [-0.05, 0) is 25.2 Å². The topological polar surface area (TPSA) is 52.6 Å². The van der Waals surface area contributed by atoms with Gasteiger partial charge in [0, 0.05) is 19.6 Å². The standard InChI is InChI=1S/C13H23O4P/c1-13(2,9-11-7-5-6-8-11)12(14)10-18(15,16-3)17-4/h5,7,11H,6,8-10H2,1-4H3. The zero-order valence-electron chi connectivity index (χ0n) is 11.6. The molecule has 0 radical (unpaired) electrons. The molecule has 1 aliphatic rings. The molecule has 0 N–H and O–H groups in total. The molecule has 1 rings (SSSR count). The van der Waals surface area contributed by atoms with E-state index in [0.29, 0.717) is 5.92 Å². The summed E-state index contributed by atoms with van der Waals surface area (Å²) >= 11 is 0. The average molecular weight is 274 g/mol. The van der Waals surface area contributed by atoms with Gasteiger partial charge in [0.25, 0.3) is 0 Å². The van der Waals surface area contributed by atoms with E-state index >= 15 is 0 Å². The molecule has 4 nitrogen and oxygen atoms in total. The number of hydrogen-bond donors (Lipinski definition) is 0. The summed E-state index contributed by atoms with van der Waals surface area (Å²) in [6.45, 7) is 3.80. The number of rotatable bonds is 7. The fourth-order valence-electron chi connectivity index (χ4n) is 2.23. The molecule has 104 valence electrons. The lowest BCUT2D eigenvalue weighted by molar-refractivity contribution is -0.125. The summed E-state index contributed by atoms with van der Waals surface area (Å²) in [6, 6.07) is 0. The Morgan fingerprint density at radius 1 is 1.39 bits per heavy atom. The van der Waals surface area contributed by atoms with Crippen molar-refractivity contribution in [1.82, 2.24) is 0 Å². The third-order valence-electron chi connectivity index (χ3n) is 3.53. The van der Waals surface area contributed by atoms with Gasteiger partial charge in [-0.1, -0.05) is 26.0 Å². The van der Waals surface area contributed by atoms with Crippen molar-refractivity contribution in [3.05, 3.63) is 12.2 Å². The number of carbonyl (C=O) groups is 1. The van der Waals surface area contributed by atoms with Crippen LogP contribution in [0.5, 0.6) is 0 Å². The molecule has 0 fully saturated rings. The maximum absolute atomic E-state index is 12.2. The molecule has 0 aliphatic heterocycles. The number of Topliss-reactive ketones (excluding diaryl/α,β-unsaturated/α-hetero) is 1. The lowest BCUT2D eigenvalue weighted by Crippen LogP contribution is -2.29. The summed E-state index contributed by atoms with van der Waals surface area (Å²) in [4.78, 5) is 12.2. The van der Waals surface area contributed by atoms with E-state index < -0.39 is 13.0 Å². The molecule has 0 saturated heterocycles. The number of carbonyl (C=O) groups excluding carboxylic acids is 1. The van der Waals surface area contributed by atoms with Crippen LogP contribution in [0.2, 0.25) is 0 Å². The first-order chi connectivity index (χ1) is 8.33. The minimum Gasteiger partial charge on any atom is -0.312 e. The Morgan fingerprint density at radius 3 is 2.44 bits per heavy atom. The second-order valence-corrected chi connectivity index (χ2v) is 7.68. The summed E-state index contributed by atoms with van der Waals surface area (Å²) in [5.41, 5.74) is -0.494. The Balaban J connectivity index is 2.63. The summed E-state index contributed by atoms with van der Waals surface area (Å²) < 4.78 is 21.6. The summed E-state index contributed by atoms with van der Waals surface area (Å²) in [7, 11) is -0.626. The van der Waals surface area contributed by atoms with Crippen LogP contribution >= 0.6 is 7.60 Å². The quantitative estimate of drug-likeness (QED) is 0.527. The van der Waals surface area contributed by atoms with Crippen LogP contribution in [0.1, 0.15) is 33.1 Å². The van der Waals surface area contributed by atoms with Gasteiger partial charge in [-0.3, -0.25) is 9.36 Å². The fourth-order valence-corrected chi connectivity index (χ4v) is 3.42. The first-order valence-corrected chi connectivity index (χ1v) is 7.96. The van der Waals surface area contributed by atoms with Crippen LogP contribution in [0.25, 0.3) is 0 Å². The minimum atomic E-state index is -3.25. The molecule has 0 aromatic carbocycles. The minimum absolute atomic E-state index is 0.0603. The van der Waals surface area contributed by atoms with Gasteiger partial charge < -0.3 is 9.05 Å². The average Bonchev–Trinajstić information content (AvgIpc) is 2.80. The third kappa shape index (κ3) is 4.04. The first-order valence-electron chi connectivity index (χ1n) is 6.23. The summed E-state index contributed by atoms with van der Waals surface area (Å²) in [5, 5.41) is 0. The molecule has 0 spiro atoms. The molecular weight excluding hydrogens is 251 g/mol. The highest BCUT2D eigenvalue weighted by atomic mass is 31.2. The van der Waals surface area contributed by atoms with E-state index in [9.17, 15) is 9.36 Å². The van der Waals surface area contributed by atoms with Gasteiger partial charge in [-0.25, -0.2) is 0 Å². The predicted molar refractivity (Wildman–Crippen MR) is 71.8 cm³/mol. The van der Waals surface area contributed by atoms with E-state index in [4.69, 9.17) is 9.05 Å². The van der Waals surface area contributed by atoms with Gasteiger partial charge in [0.05, 0.1) is 0 Å². The van der Waals surface area contributed by atoms with Crippen molar-refractivity contribution in [3.8, 4) is 0 Å². The Morgan fingerprint density at radius 2 is 2.00 bits per heavy atom. The van der Waals surface area contributed by atoms with Crippen LogP contribution in [-0.4, -0.2) is 26.2 Å². The maximum Gasteiger partial charge on any atom is 0.337 e. The zero-order chi connectivity index (χ0) is 13.8. The number of hydrogen-bond acceptors (Lipinski definition) is 4. The predicted octanol–water partition coefficient (Wildman–Crippen LogP) is 3.42. The van der Waals surface area contributed by atoms with E-state index in [1.165, 1.54) is 14.2 Å². The second-order valence-electron chi connectivity index (χ2n) is 5.41. The van der Waals surface area contributed by atoms with E-state index in [1.54, 1.807) is 0 Å². The monoisotopic (exact) mass is 274 g/mol. The first kappa shape index (κ1) is 15.6. The lowest BCUT2D eigenvalue weighted by atomic mass is 9.79. The van der Waals surface area contributed by atoms with E-state index in [1.807, 2.05) is 13.8 Å². The maximum atomic E-state index is 12.2. The molecule has 5 heteroatoms. The van der Waals surface area contributed by atoms with Crippen molar-refractivity contribution in [2.75, 3.05) is 20.4 Å². The molecule has 1 unspecified atom stereocenters. The van der Waals surface area contributed by atoms with Gasteiger partial charge in [-0.15, -0.1) is 0 Å². The Bertz CT molecular complexity index is 365. The lowest BCUT2D eigenvalue weighted by Gasteiger charge is -2.27. The summed E-state index contributed by atoms with van der Waals surface area (Å²) in [5.74, 6) is 0.392. The Hall–Kier alpha value is -0.440. The van der Waals surface area contributed by atoms with Crippen LogP contribution in [0.4, 0.5) is 0 Å². The summed E-state index contributed by atoms with van der Waals surface area (Å²) in [6.07, 6.45) is 7.15. The van der Waals surface area contributed by atoms with Crippen molar-refractivity contribution in [3.63, 3.8) is 0 Å². The van der Waals surface area contributed by atoms with E-state index in [-0.39, 0.29) is 11.9 Å². The van der Waals surface area contributed by atoms with Crippen molar-refractivity contribution >= 4 is 13.4 Å². The van der Waals surface area contributed by atoms with Crippen molar-refractivity contribution < 1.29 is 18.4 Å². The highest BCUT2D eigenvalue weighted by Gasteiger charge is 2.36. The smallest absolute Gasteiger partial charge is 0.312 e. The molecule has 0 amide bonds. The van der Waals surface area contributed by atoms with Crippen LogP contribution in [0.15, 0.2) is 12.2 Å². The van der Waals surface area contributed by atoms with Crippen molar-refractivity contribution in [2.45, 2.75) is 33.1 Å². The number of allylic oxidation sites excluding steroid dienone is 2. The highest BCUT2D eigenvalue weighted by Crippen LogP contribution is 2.48. The zero-order valence-corrected chi connectivity index (χ0v) is 12.5. The van der Waals surface area contributed by atoms with Crippen molar-refractivity contribution in [1.29, 1.82) is 0 Å². The molecule has 1 atom stereocenters. The Kier molecular flexibility index (Phi) is 5.32. The molecular formula is C13H23O4P. The SMILES string of the molecule is COP(=O)(CC(=O)C(C)(C)CC1C=CCC1)OC. The molecule has 0 aromatic heterocycles. The van der Waals surface area contributed by atoms with Crippen LogP contribution in [0, 0.1) is 11.3 Å². The molecule has 0 saturated carbocycles. The van der Waals surface area contributed by atoms with Gasteiger partial charge in [-0.2, -0.15) is 0 Å². The highest BCUT2D eigenvalue weighted by molar-refractivity contribution is 7.54. The Labute approximate surface area is 109 Å². The van der Waals surface area contributed by atoms with Crippen LogP contribution < -0.4 is 0 Å². The molecule has 1 aliphatic carbocycles. The second kappa shape index (κ2) is 6.14. The van der Waals surface area contributed by atoms with Gasteiger partial charge >= 0.3 is 7.60 Å². The van der Waals surface area contributed by atoms with Crippen molar-refractivity contribution in [2.24, 2.45) is 11.3 Å². The largest absolute Gasteiger partial charge is 0.337 e. The third-order valence-corrected chi connectivity index (χ3v) is 5.32. The fraction of sp³-hybridized carbons (Fsp3) is 0.769. The van der Waals surface area contributed by atoms with Crippen LogP contribution in [0.3, 0.4) is 0 Å². The van der Waals surface area contributed by atoms with Crippen LogP contribution in [-0.2, 0) is 18.4 Å². The molecule has 18 heavy (non-hydrogen) atoms. The van der Waals surface area contributed by atoms with Gasteiger partial charge in [0.15, 0.2) is 5.78 Å². The molecule has 0 aromatic rings. The normalized spacial score (nSPS) is 20.3. The van der Waals surface area contributed by atoms with E-state index in [0.717, 1.165) is 19.3 Å². The van der Waals surface area contributed by atoms with E-state index in [2.05, 4.69) is 12.2 Å². The molecule has 0 bridgehead atoms. The van der Waals surface area contributed by atoms with Gasteiger partial charge in [0.2, 0.25) is 0 Å². The molecule has 0 heterocycles.